The fourth-order valence-electron chi connectivity index (χ4n) is 3.20. The molecule has 2 aromatic rings. The molecule has 0 spiro atoms. The van der Waals surface area contributed by atoms with Crippen LogP contribution in [0.25, 0.3) is 0 Å². The van der Waals surface area contributed by atoms with Gasteiger partial charge in [0.15, 0.2) is 0 Å². The summed E-state index contributed by atoms with van der Waals surface area (Å²) in [6.45, 7) is 1.24. The van der Waals surface area contributed by atoms with Crippen LogP contribution in [-0.2, 0) is 32.6 Å². The zero-order valence-electron chi connectivity index (χ0n) is 15.9. The Labute approximate surface area is 181 Å². The van der Waals surface area contributed by atoms with Gasteiger partial charge in [0.2, 0.25) is 10.0 Å². The molecule has 0 bridgehead atoms. The molecule has 2 aromatic carbocycles. The first-order valence-corrected chi connectivity index (χ1v) is 11.7. The zero-order chi connectivity index (χ0) is 20.9. The first-order chi connectivity index (χ1) is 13.9. The summed E-state index contributed by atoms with van der Waals surface area (Å²) in [6, 6.07) is 11.7. The van der Waals surface area contributed by atoms with E-state index in [1.54, 1.807) is 46.8 Å². The monoisotopic (exact) mass is 455 g/mol. The van der Waals surface area contributed by atoms with E-state index in [1.165, 1.54) is 0 Å². The molecule has 3 rings (SSSR count). The molecule has 8 heteroatoms. The normalized spacial score (nSPS) is 15.2. The fourth-order valence-corrected chi connectivity index (χ4v) is 5.18. The first kappa shape index (κ1) is 22.1. The number of carbonyl (C=O) groups is 1. The standard InChI is InChI=1S/C21H23Cl2NO4S/c22-18-8-7-17(20(23)14-18)15-28-21(25)11-6-16-4-9-19(10-5-16)29(26,27)24-12-2-1-3-13-24/h4-5,7-10,14H,1-3,6,11-13,15H2. The Kier molecular flexibility index (Phi) is 7.57. The van der Waals surface area contributed by atoms with Gasteiger partial charge in [-0.1, -0.05) is 47.8 Å². The highest BCUT2D eigenvalue weighted by atomic mass is 35.5. The van der Waals surface area contributed by atoms with Crippen molar-refractivity contribution in [1.82, 2.24) is 4.31 Å². The summed E-state index contributed by atoms with van der Waals surface area (Å²) >= 11 is 11.9. The summed E-state index contributed by atoms with van der Waals surface area (Å²) in [7, 11) is -3.44. The lowest BCUT2D eigenvalue weighted by Crippen LogP contribution is -2.35. The number of nitrogens with zero attached hydrogens (tertiary/aromatic N) is 1. The minimum absolute atomic E-state index is 0.0852. The second kappa shape index (κ2) is 9.94. The van der Waals surface area contributed by atoms with E-state index in [0.717, 1.165) is 24.8 Å². The molecule has 0 radical (unpaired) electrons. The maximum absolute atomic E-state index is 12.7. The lowest BCUT2D eigenvalue weighted by atomic mass is 10.1. The Morgan fingerprint density at radius 2 is 1.69 bits per heavy atom. The van der Waals surface area contributed by atoms with E-state index in [2.05, 4.69) is 0 Å². The summed E-state index contributed by atoms with van der Waals surface area (Å²) in [5.74, 6) is -0.346. The predicted octanol–water partition coefficient (Wildman–Crippen LogP) is 4.84. The molecule has 0 saturated carbocycles. The number of benzene rings is 2. The first-order valence-electron chi connectivity index (χ1n) is 9.55. The van der Waals surface area contributed by atoms with Crippen LogP contribution in [0.5, 0.6) is 0 Å². The zero-order valence-corrected chi connectivity index (χ0v) is 18.3. The van der Waals surface area contributed by atoms with Crippen LogP contribution in [0.4, 0.5) is 0 Å². The van der Waals surface area contributed by atoms with Crippen LogP contribution in [0.1, 0.15) is 36.8 Å². The van der Waals surface area contributed by atoms with Crippen LogP contribution < -0.4 is 0 Å². The van der Waals surface area contributed by atoms with Crippen LogP contribution >= 0.6 is 23.2 Å². The number of ether oxygens (including phenoxy) is 1. The van der Waals surface area contributed by atoms with Crippen molar-refractivity contribution in [3.63, 3.8) is 0 Å². The molecule has 0 N–H and O–H groups in total. The van der Waals surface area contributed by atoms with Crippen molar-refractivity contribution in [2.75, 3.05) is 13.1 Å². The van der Waals surface area contributed by atoms with E-state index in [9.17, 15) is 13.2 Å². The number of esters is 1. The van der Waals surface area contributed by atoms with Crippen molar-refractivity contribution in [3.8, 4) is 0 Å². The number of rotatable bonds is 7. The molecule has 1 fully saturated rings. The van der Waals surface area contributed by atoms with E-state index < -0.39 is 10.0 Å². The third kappa shape index (κ3) is 5.95. The van der Waals surface area contributed by atoms with Crippen molar-refractivity contribution in [3.05, 3.63) is 63.6 Å². The number of piperidine rings is 1. The number of hydrogen-bond acceptors (Lipinski definition) is 4. The van der Waals surface area contributed by atoms with Crippen LogP contribution in [0.3, 0.4) is 0 Å². The second-order valence-corrected chi connectivity index (χ2v) is 9.79. The summed E-state index contributed by atoms with van der Waals surface area (Å²) < 4.78 is 32.1. The van der Waals surface area contributed by atoms with Gasteiger partial charge in [-0.25, -0.2) is 8.42 Å². The highest BCUT2D eigenvalue weighted by Gasteiger charge is 2.25. The topological polar surface area (TPSA) is 63.7 Å². The van der Waals surface area contributed by atoms with Gasteiger partial charge < -0.3 is 4.74 Å². The van der Waals surface area contributed by atoms with Gasteiger partial charge in [-0.2, -0.15) is 4.31 Å². The van der Waals surface area contributed by atoms with E-state index in [0.29, 0.717) is 40.0 Å². The third-order valence-electron chi connectivity index (χ3n) is 4.90. The minimum atomic E-state index is -3.44. The fraction of sp³-hybridized carbons (Fsp3) is 0.381. The lowest BCUT2D eigenvalue weighted by Gasteiger charge is -2.25. The molecule has 1 saturated heterocycles. The number of aryl methyl sites for hydroxylation is 1. The SMILES string of the molecule is O=C(CCc1ccc(S(=O)(=O)N2CCCCC2)cc1)OCc1ccc(Cl)cc1Cl. The van der Waals surface area contributed by atoms with E-state index >= 15 is 0 Å². The smallest absolute Gasteiger partial charge is 0.306 e. The summed E-state index contributed by atoms with van der Waals surface area (Å²) in [4.78, 5) is 12.3. The van der Waals surface area contributed by atoms with Crippen molar-refractivity contribution in [2.45, 2.75) is 43.6 Å². The summed E-state index contributed by atoms with van der Waals surface area (Å²) in [6.07, 6.45) is 3.55. The molecular weight excluding hydrogens is 433 g/mol. The maximum atomic E-state index is 12.7. The highest BCUT2D eigenvalue weighted by Crippen LogP contribution is 2.23. The molecule has 5 nitrogen and oxygen atoms in total. The molecule has 1 heterocycles. The quantitative estimate of drug-likeness (QED) is 0.559. The molecule has 0 unspecified atom stereocenters. The Morgan fingerprint density at radius 3 is 2.34 bits per heavy atom. The van der Waals surface area contributed by atoms with Gasteiger partial charge in [0.1, 0.15) is 6.61 Å². The number of sulfonamides is 1. The van der Waals surface area contributed by atoms with Gasteiger partial charge in [-0.3, -0.25) is 4.79 Å². The molecule has 0 aromatic heterocycles. The molecule has 1 aliphatic heterocycles. The largest absolute Gasteiger partial charge is 0.461 e. The molecular formula is C21H23Cl2NO4S. The summed E-state index contributed by atoms with van der Waals surface area (Å²) in [5.41, 5.74) is 1.57. The lowest BCUT2D eigenvalue weighted by molar-refractivity contribution is -0.144. The Balaban J connectivity index is 1.51. The average Bonchev–Trinajstić information content (AvgIpc) is 2.72. The van der Waals surface area contributed by atoms with Gasteiger partial charge in [0.25, 0.3) is 0 Å². The van der Waals surface area contributed by atoms with Gasteiger partial charge in [0, 0.05) is 35.1 Å². The van der Waals surface area contributed by atoms with Gasteiger partial charge in [-0.15, -0.1) is 0 Å². The Bertz CT molecular complexity index is 955. The van der Waals surface area contributed by atoms with Crippen molar-refractivity contribution >= 4 is 39.2 Å². The second-order valence-electron chi connectivity index (χ2n) is 7.01. The third-order valence-corrected chi connectivity index (χ3v) is 7.40. The van der Waals surface area contributed by atoms with Gasteiger partial charge >= 0.3 is 5.97 Å². The van der Waals surface area contributed by atoms with Gasteiger partial charge in [0.05, 0.1) is 4.90 Å². The minimum Gasteiger partial charge on any atom is -0.461 e. The van der Waals surface area contributed by atoms with Crippen molar-refractivity contribution in [2.24, 2.45) is 0 Å². The number of hydrogen-bond donors (Lipinski definition) is 0. The Morgan fingerprint density at radius 1 is 1.00 bits per heavy atom. The molecule has 156 valence electrons. The van der Waals surface area contributed by atoms with E-state index in [4.69, 9.17) is 27.9 Å². The predicted molar refractivity (Wildman–Crippen MR) is 114 cm³/mol. The number of carbonyl (C=O) groups excluding carboxylic acids is 1. The molecule has 1 aliphatic rings. The highest BCUT2D eigenvalue weighted by molar-refractivity contribution is 7.89. The maximum Gasteiger partial charge on any atom is 0.306 e. The van der Waals surface area contributed by atoms with Crippen molar-refractivity contribution < 1.29 is 17.9 Å². The van der Waals surface area contributed by atoms with Crippen molar-refractivity contribution in [1.29, 1.82) is 0 Å². The van der Waals surface area contributed by atoms with E-state index in [1.807, 2.05) is 0 Å². The molecule has 0 aliphatic carbocycles. The Hall–Kier alpha value is -1.60. The number of halogens is 2. The van der Waals surface area contributed by atoms with E-state index in [-0.39, 0.29) is 19.0 Å². The van der Waals surface area contributed by atoms with Crippen LogP contribution in [0, 0.1) is 0 Å². The van der Waals surface area contributed by atoms with Crippen LogP contribution in [-0.4, -0.2) is 31.8 Å². The van der Waals surface area contributed by atoms with Crippen LogP contribution in [0.2, 0.25) is 10.0 Å². The molecule has 29 heavy (non-hydrogen) atoms. The molecule has 0 atom stereocenters. The summed E-state index contributed by atoms with van der Waals surface area (Å²) in [5, 5.41) is 0.978. The average molecular weight is 456 g/mol. The molecule has 0 amide bonds. The van der Waals surface area contributed by atoms with Gasteiger partial charge in [-0.05, 0) is 49.1 Å². The van der Waals surface area contributed by atoms with Crippen LogP contribution in [0.15, 0.2) is 47.4 Å².